The number of rotatable bonds is 8. The Hall–Kier alpha value is -2.60. The lowest BCUT2D eigenvalue weighted by molar-refractivity contribution is -0.113. The number of aromatic nitrogens is 3. The van der Waals surface area contributed by atoms with Gasteiger partial charge in [0.2, 0.25) is 5.91 Å². The van der Waals surface area contributed by atoms with E-state index in [1.165, 1.54) is 22.9 Å². The van der Waals surface area contributed by atoms with Gasteiger partial charge >= 0.3 is 0 Å². The molecule has 0 spiro atoms. The largest absolute Gasteiger partial charge is 0.325 e. The van der Waals surface area contributed by atoms with Crippen LogP contribution in [0.4, 0.5) is 5.69 Å². The molecule has 27 heavy (non-hydrogen) atoms. The maximum atomic E-state index is 12.2. The van der Waals surface area contributed by atoms with E-state index >= 15 is 0 Å². The van der Waals surface area contributed by atoms with Crippen LogP contribution in [0.15, 0.2) is 59.8 Å². The first-order chi connectivity index (χ1) is 13.2. The van der Waals surface area contributed by atoms with E-state index in [2.05, 4.69) is 39.1 Å². The Morgan fingerprint density at radius 3 is 2.48 bits per heavy atom. The lowest BCUT2D eigenvalue weighted by atomic mass is 10.1. The SMILES string of the molecule is CCn1c(CCc2ccccc2)nnc1SCC(=O)Nc1ccc(C)cc1. The first-order valence-corrected chi connectivity index (χ1v) is 10.1. The highest BCUT2D eigenvalue weighted by Gasteiger charge is 2.13. The smallest absolute Gasteiger partial charge is 0.234 e. The van der Waals surface area contributed by atoms with Crippen LogP contribution in [0.25, 0.3) is 0 Å². The van der Waals surface area contributed by atoms with Gasteiger partial charge < -0.3 is 9.88 Å². The van der Waals surface area contributed by atoms with Gasteiger partial charge in [-0.3, -0.25) is 4.79 Å². The van der Waals surface area contributed by atoms with Crippen molar-refractivity contribution in [3.63, 3.8) is 0 Å². The average molecular weight is 381 g/mol. The summed E-state index contributed by atoms with van der Waals surface area (Å²) >= 11 is 1.42. The fourth-order valence-corrected chi connectivity index (χ4v) is 3.61. The summed E-state index contributed by atoms with van der Waals surface area (Å²) < 4.78 is 2.09. The van der Waals surface area contributed by atoms with Crippen molar-refractivity contribution >= 4 is 23.4 Å². The van der Waals surface area contributed by atoms with Crippen molar-refractivity contribution in [3.05, 3.63) is 71.5 Å². The molecule has 2 aromatic carbocycles. The van der Waals surface area contributed by atoms with Gasteiger partial charge in [0.15, 0.2) is 5.16 Å². The van der Waals surface area contributed by atoms with Crippen molar-refractivity contribution < 1.29 is 4.79 Å². The summed E-state index contributed by atoms with van der Waals surface area (Å²) in [6.07, 6.45) is 1.76. The third-order valence-corrected chi connectivity index (χ3v) is 5.22. The first kappa shape index (κ1) is 19.2. The number of hydrogen-bond acceptors (Lipinski definition) is 4. The summed E-state index contributed by atoms with van der Waals surface area (Å²) in [5, 5.41) is 12.3. The number of nitrogens with one attached hydrogen (secondary N) is 1. The van der Waals surface area contributed by atoms with Gasteiger partial charge in [-0.05, 0) is 38.0 Å². The monoisotopic (exact) mass is 380 g/mol. The molecular weight excluding hydrogens is 356 g/mol. The maximum Gasteiger partial charge on any atom is 0.234 e. The number of carbonyl (C=O) groups excluding carboxylic acids is 1. The van der Waals surface area contributed by atoms with Crippen molar-refractivity contribution in [3.8, 4) is 0 Å². The molecule has 3 rings (SSSR count). The molecule has 0 aliphatic rings. The number of anilines is 1. The minimum atomic E-state index is -0.0414. The van der Waals surface area contributed by atoms with Crippen molar-refractivity contribution in [1.82, 2.24) is 14.8 Å². The number of hydrogen-bond donors (Lipinski definition) is 1. The molecule has 0 aliphatic heterocycles. The fourth-order valence-electron chi connectivity index (χ4n) is 2.79. The minimum Gasteiger partial charge on any atom is -0.325 e. The zero-order valence-corrected chi connectivity index (χ0v) is 16.5. The molecule has 0 atom stereocenters. The molecule has 0 saturated heterocycles. The van der Waals surface area contributed by atoms with Crippen LogP contribution in [-0.4, -0.2) is 26.4 Å². The van der Waals surface area contributed by atoms with Crippen LogP contribution < -0.4 is 5.32 Å². The Bertz CT molecular complexity index is 875. The number of carbonyl (C=O) groups is 1. The molecule has 0 fully saturated rings. The van der Waals surface area contributed by atoms with Crippen LogP contribution in [-0.2, 0) is 24.2 Å². The van der Waals surface area contributed by atoms with Gasteiger partial charge in [-0.25, -0.2) is 0 Å². The van der Waals surface area contributed by atoms with Crippen LogP contribution in [0.1, 0.15) is 23.9 Å². The molecule has 1 heterocycles. The van der Waals surface area contributed by atoms with E-state index < -0.39 is 0 Å². The van der Waals surface area contributed by atoms with Gasteiger partial charge in [0.25, 0.3) is 0 Å². The van der Waals surface area contributed by atoms with Crippen LogP contribution >= 0.6 is 11.8 Å². The number of nitrogens with zero attached hydrogens (tertiary/aromatic N) is 3. The van der Waals surface area contributed by atoms with E-state index in [4.69, 9.17) is 0 Å². The van der Waals surface area contributed by atoms with Gasteiger partial charge in [-0.1, -0.05) is 59.8 Å². The molecule has 1 amide bonds. The van der Waals surface area contributed by atoms with Crippen molar-refractivity contribution in [2.75, 3.05) is 11.1 Å². The summed E-state index contributed by atoms with van der Waals surface area (Å²) in [5.74, 6) is 1.23. The molecule has 140 valence electrons. The first-order valence-electron chi connectivity index (χ1n) is 9.11. The predicted molar refractivity (Wildman–Crippen MR) is 110 cm³/mol. The third-order valence-electron chi connectivity index (χ3n) is 4.26. The van der Waals surface area contributed by atoms with Gasteiger partial charge in [0.1, 0.15) is 5.82 Å². The topological polar surface area (TPSA) is 59.8 Å². The lowest BCUT2D eigenvalue weighted by Crippen LogP contribution is -2.14. The molecule has 0 aliphatic carbocycles. The van der Waals surface area contributed by atoms with Crippen molar-refractivity contribution in [2.45, 2.75) is 38.4 Å². The number of benzene rings is 2. The normalized spacial score (nSPS) is 10.7. The highest BCUT2D eigenvalue weighted by molar-refractivity contribution is 7.99. The Labute approximate surface area is 164 Å². The van der Waals surface area contributed by atoms with Crippen LogP contribution in [0.3, 0.4) is 0 Å². The Kier molecular flexibility index (Phi) is 6.65. The molecule has 1 aromatic heterocycles. The second-order valence-electron chi connectivity index (χ2n) is 6.33. The van der Waals surface area contributed by atoms with Gasteiger partial charge in [-0.2, -0.15) is 0 Å². The number of thioether (sulfide) groups is 1. The predicted octanol–water partition coefficient (Wildman–Crippen LogP) is 4.12. The maximum absolute atomic E-state index is 12.2. The number of aryl methyl sites for hydroxylation is 3. The highest BCUT2D eigenvalue weighted by Crippen LogP contribution is 2.19. The standard InChI is InChI=1S/C21H24N4OS/c1-3-25-19(14-11-17-7-5-4-6-8-17)23-24-21(25)27-15-20(26)22-18-12-9-16(2)10-13-18/h4-10,12-13H,3,11,14-15H2,1-2H3,(H,22,26). The minimum absolute atomic E-state index is 0.0414. The molecule has 3 aromatic rings. The summed E-state index contributed by atoms with van der Waals surface area (Å²) in [6, 6.07) is 18.2. The molecule has 6 heteroatoms. The van der Waals surface area contributed by atoms with Crippen LogP contribution in [0, 0.1) is 6.92 Å². The van der Waals surface area contributed by atoms with Crippen LogP contribution in [0.5, 0.6) is 0 Å². The lowest BCUT2D eigenvalue weighted by Gasteiger charge is -2.08. The second-order valence-corrected chi connectivity index (χ2v) is 7.27. The third kappa shape index (κ3) is 5.44. The van der Waals surface area contributed by atoms with Crippen molar-refractivity contribution in [2.24, 2.45) is 0 Å². The van der Waals surface area contributed by atoms with Gasteiger partial charge in [0, 0.05) is 18.7 Å². The molecule has 0 saturated carbocycles. The molecule has 5 nitrogen and oxygen atoms in total. The quantitative estimate of drug-likeness (QED) is 0.597. The fraction of sp³-hybridized carbons (Fsp3) is 0.286. The molecule has 0 radical (unpaired) electrons. The molecule has 0 bridgehead atoms. The van der Waals surface area contributed by atoms with Gasteiger partial charge in [0.05, 0.1) is 5.75 Å². The zero-order chi connectivity index (χ0) is 19.1. The van der Waals surface area contributed by atoms with E-state index in [9.17, 15) is 4.79 Å². The summed E-state index contributed by atoms with van der Waals surface area (Å²) in [5.41, 5.74) is 3.27. The number of amides is 1. The Morgan fingerprint density at radius 2 is 1.78 bits per heavy atom. The Morgan fingerprint density at radius 1 is 1.04 bits per heavy atom. The average Bonchev–Trinajstić information content (AvgIpc) is 3.09. The zero-order valence-electron chi connectivity index (χ0n) is 15.7. The van der Waals surface area contributed by atoms with E-state index in [0.29, 0.717) is 5.75 Å². The molecule has 0 unspecified atom stereocenters. The molecular formula is C21H24N4OS. The van der Waals surface area contributed by atoms with Crippen molar-refractivity contribution in [1.29, 1.82) is 0 Å². The molecule has 1 N–H and O–H groups in total. The highest BCUT2D eigenvalue weighted by atomic mass is 32.2. The van der Waals surface area contributed by atoms with E-state index in [0.717, 1.165) is 36.1 Å². The van der Waals surface area contributed by atoms with E-state index in [1.54, 1.807) is 0 Å². The second kappa shape index (κ2) is 9.37. The van der Waals surface area contributed by atoms with Gasteiger partial charge in [-0.15, -0.1) is 10.2 Å². The van der Waals surface area contributed by atoms with E-state index in [-0.39, 0.29) is 5.91 Å². The Balaban J connectivity index is 1.56. The summed E-state index contributed by atoms with van der Waals surface area (Å²) in [7, 11) is 0. The van der Waals surface area contributed by atoms with Crippen LogP contribution in [0.2, 0.25) is 0 Å². The summed E-state index contributed by atoms with van der Waals surface area (Å²) in [4.78, 5) is 12.2. The summed E-state index contributed by atoms with van der Waals surface area (Å²) in [6.45, 7) is 4.89. The van der Waals surface area contributed by atoms with E-state index in [1.807, 2.05) is 49.4 Å².